The smallest absolute Gasteiger partial charge is 0.241 e. The fraction of sp³-hybridized carbons (Fsp3) is 0.423. The third-order valence-electron chi connectivity index (χ3n) is 5.65. The van der Waals surface area contributed by atoms with Gasteiger partial charge in [0.25, 0.3) is 0 Å². The van der Waals surface area contributed by atoms with Crippen molar-refractivity contribution in [3.8, 4) is 17.2 Å². The summed E-state index contributed by atoms with van der Waals surface area (Å²) in [5.74, 6) is 2.24. The van der Waals surface area contributed by atoms with Crippen molar-refractivity contribution in [2.75, 3.05) is 39.3 Å². The summed E-state index contributed by atoms with van der Waals surface area (Å²) in [5, 5.41) is 0. The van der Waals surface area contributed by atoms with Gasteiger partial charge >= 0.3 is 0 Å². The number of methoxy groups -OCH3 is 2. The second-order valence-corrected chi connectivity index (χ2v) is 8.68. The van der Waals surface area contributed by atoms with E-state index in [0.29, 0.717) is 24.7 Å². The number of hydrogen-bond acceptors (Lipinski definition) is 5. The van der Waals surface area contributed by atoms with Crippen LogP contribution in [0.1, 0.15) is 38.8 Å². The molecule has 32 heavy (non-hydrogen) atoms. The molecule has 0 radical (unpaired) electrons. The Balaban J connectivity index is 1.81. The molecule has 0 unspecified atom stereocenters. The van der Waals surface area contributed by atoms with Gasteiger partial charge in [-0.1, -0.05) is 12.1 Å². The molecule has 0 saturated heterocycles. The van der Waals surface area contributed by atoms with Gasteiger partial charge in [0.15, 0.2) is 11.5 Å². The molecule has 2 aromatic rings. The zero-order chi connectivity index (χ0) is 23.5. The first-order chi connectivity index (χ1) is 15.2. The highest BCUT2D eigenvalue weighted by Crippen LogP contribution is 2.40. The fourth-order valence-corrected chi connectivity index (χ4v) is 4.37. The van der Waals surface area contributed by atoms with Crippen molar-refractivity contribution in [3.63, 3.8) is 0 Å². The maximum Gasteiger partial charge on any atom is 0.241 e. The lowest BCUT2D eigenvalue weighted by molar-refractivity contribution is -0.120. The highest BCUT2D eigenvalue weighted by Gasteiger charge is 2.36. The Bertz CT molecular complexity index is 1010. The van der Waals surface area contributed by atoms with Crippen LogP contribution in [0.25, 0.3) is 5.57 Å². The number of carbonyl (C=O) groups excluding carboxylic acids is 1. The van der Waals surface area contributed by atoms with Crippen LogP contribution in [0.2, 0.25) is 0 Å². The zero-order valence-electron chi connectivity index (χ0n) is 20.2. The number of amides is 1. The van der Waals surface area contributed by atoms with Crippen molar-refractivity contribution < 1.29 is 19.0 Å². The molecule has 6 heteroatoms. The Morgan fingerprint density at radius 1 is 1.06 bits per heavy atom. The van der Waals surface area contributed by atoms with E-state index in [-0.39, 0.29) is 12.5 Å². The van der Waals surface area contributed by atoms with Gasteiger partial charge in [-0.2, -0.15) is 0 Å². The first-order valence-corrected chi connectivity index (χ1v) is 10.9. The molecule has 0 saturated carbocycles. The first-order valence-electron chi connectivity index (χ1n) is 10.9. The van der Waals surface area contributed by atoms with Crippen LogP contribution < -0.4 is 19.1 Å². The molecule has 3 rings (SSSR count). The molecule has 0 aromatic heterocycles. The lowest BCUT2D eigenvalue weighted by atomic mass is 9.88. The molecule has 1 amide bonds. The van der Waals surface area contributed by atoms with E-state index in [1.165, 1.54) is 0 Å². The van der Waals surface area contributed by atoms with E-state index in [1.54, 1.807) is 14.2 Å². The average Bonchev–Trinajstić information content (AvgIpc) is 2.73. The minimum Gasteiger partial charge on any atom is -0.494 e. The van der Waals surface area contributed by atoms with Crippen molar-refractivity contribution in [2.45, 2.75) is 39.8 Å². The van der Waals surface area contributed by atoms with Crippen LogP contribution in [0.5, 0.6) is 17.2 Å². The Morgan fingerprint density at radius 2 is 1.78 bits per heavy atom. The SMILES string of the molecule is CCOc1ccc2c(c1)C(C)=CC(C)(C)N2C(=O)CN(C)Cc1ccc(OC)c(OC)c1. The third kappa shape index (κ3) is 4.91. The Labute approximate surface area is 191 Å². The molecule has 0 atom stereocenters. The molecule has 1 aliphatic heterocycles. The summed E-state index contributed by atoms with van der Waals surface area (Å²) in [6.45, 7) is 9.71. The van der Waals surface area contributed by atoms with Crippen LogP contribution in [0.15, 0.2) is 42.5 Å². The van der Waals surface area contributed by atoms with Gasteiger partial charge in [-0.3, -0.25) is 9.69 Å². The van der Waals surface area contributed by atoms with Crippen LogP contribution in [-0.4, -0.2) is 50.8 Å². The van der Waals surface area contributed by atoms with E-state index in [9.17, 15) is 4.79 Å². The number of allylic oxidation sites excluding steroid dienone is 1. The van der Waals surface area contributed by atoms with E-state index in [1.807, 2.05) is 60.2 Å². The lowest BCUT2D eigenvalue weighted by Gasteiger charge is -2.42. The summed E-state index contributed by atoms with van der Waals surface area (Å²) in [6.07, 6.45) is 2.15. The fourth-order valence-electron chi connectivity index (χ4n) is 4.37. The molecule has 6 nitrogen and oxygen atoms in total. The van der Waals surface area contributed by atoms with Gasteiger partial charge in [0, 0.05) is 12.1 Å². The zero-order valence-corrected chi connectivity index (χ0v) is 20.2. The molecule has 0 aliphatic carbocycles. The van der Waals surface area contributed by atoms with Crippen LogP contribution in [0.3, 0.4) is 0 Å². The molecule has 0 fully saturated rings. The minimum atomic E-state index is -0.425. The summed E-state index contributed by atoms with van der Waals surface area (Å²) >= 11 is 0. The number of carbonyl (C=O) groups is 1. The number of likely N-dealkylation sites (N-methyl/N-ethyl adjacent to an activating group) is 1. The summed E-state index contributed by atoms with van der Waals surface area (Å²) in [5.41, 5.74) is 3.72. The normalized spacial score (nSPS) is 14.6. The maximum atomic E-state index is 13.5. The third-order valence-corrected chi connectivity index (χ3v) is 5.65. The molecular weight excluding hydrogens is 404 g/mol. The van der Waals surface area contributed by atoms with Gasteiger partial charge in [-0.05, 0) is 76.2 Å². The van der Waals surface area contributed by atoms with Crippen LogP contribution in [-0.2, 0) is 11.3 Å². The standard InChI is InChI=1S/C26H34N2O4/c1-8-32-20-10-11-22-21(14-20)18(2)15-26(3,4)28(22)25(29)17-27(5)16-19-9-12-23(30-6)24(13-19)31-7/h9-15H,8,16-17H2,1-7H3. The largest absolute Gasteiger partial charge is 0.494 e. The molecule has 1 aliphatic rings. The first kappa shape index (κ1) is 23.7. The molecule has 0 spiro atoms. The van der Waals surface area contributed by atoms with Crippen molar-refractivity contribution in [2.24, 2.45) is 0 Å². The van der Waals surface area contributed by atoms with Crippen LogP contribution >= 0.6 is 0 Å². The van der Waals surface area contributed by atoms with Crippen LogP contribution in [0.4, 0.5) is 5.69 Å². The highest BCUT2D eigenvalue weighted by atomic mass is 16.5. The minimum absolute atomic E-state index is 0.0483. The number of rotatable bonds is 8. The highest BCUT2D eigenvalue weighted by molar-refractivity contribution is 6.01. The van der Waals surface area contributed by atoms with Gasteiger partial charge < -0.3 is 19.1 Å². The topological polar surface area (TPSA) is 51.2 Å². The van der Waals surface area contributed by atoms with Crippen molar-refractivity contribution in [1.29, 1.82) is 0 Å². The number of fused-ring (bicyclic) bond motifs is 1. The Kier molecular flexibility index (Phi) is 7.14. The predicted molar refractivity (Wildman–Crippen MR) is 129 cm³/mol. The Morgan fingerprint density at radius 3 is 2.44 bits per heavy atom. The van der Waals surface area contributed by atoms with Crippen molar-refractivity contribution >= 4 is 17.2 Å². The van der Waals surface area contributed by atoms with Gasteiger partial charge in [0.1, 0.15) is 5.75 Å². The number of anilines is 1. The average molecular weight is 439 g/mol. The molecule has 2 aromatic carbocycles. The van der Waals surface area contributed by atoms with Gasteiger partial charge in [-0.15, -0.1) is 0 Å². The summed E-state index contributed by atoms with van der Waals surface area (Å²) in [6, 6.07) is 11.8. The van der Waals surface area contributed by atoms with E-state index in [2.05, 4.69) is 26.8 Å². The van der Waals surface area contributed by atoms with E-state index in [0.717, 1.165) is 28.1 Å². The Hall–Kier alpha value is -2.99. The quantitative estimate of drug-likeness (QED) is 0.595. The monoisotopic (exact) mass is 438 g/mol. The van der Waals surface area contributed by atoms with Crippen molar-refractivity contribution in [1.82, 2.24) is 4.90 Å². The molecule has 1 heterocycles. The van der Waals surface area contributed by atoms with E-state index < -0.39 is 5.54 Å². The number of hydrogen-bond donors (Lipinski definition) is 0. The predicted octanol–water partition coefficient (Wildman–Crippen LogP) is 4.76. The van der Waals surface area contributed by atoms with Crippen LogP contribution in [0, 0.1) is 0 Å². The summed E-state index contributed by atoms with van der Waals surface area (Å²) in [4.78, 5) is 17.4. The van der Waals surface area contributed by atoms with Gasteiger partial charge in [0.2, 0.25) is 5.91 Å². The summed E-state index contributed by atoms with van der Waals surface area (Å²) in [7, 11) is 5.19. The molecule has 172 valence electrons. The lowest BCUT2D eigenvalue weighted by Crippen LogP contribution is -2.51. The molecule has 0 bridgehead atoms. The van der Waals surface area contributed by atoms with E-state index >= 15 is 0 Å². The van der Waals surface area contributed by atoms with Gasteiger partial charge in [0.05, 0.1) is 38.6 Å². The molecule has 0 N–H and O–H groups in total. The van der Waals surface area contributed by atoms with E-state index in [4.69, 9.17) is 14.2 Å². The molecular formula is C26H34N2O4. The number of nitrogens with zero attached hydrogens (tertiary/aromatic N) is 2. The second-order valence-electron chi connectivity index (χ2n) is 8.68. The second kappa shape index (κ2) is 9.65. The maximum absolute atomic E-state index is 13.5. The van der Waals surface area contributed by atoms with Crippen molar-refractivity contribution in [3.05, 3.63) is 53.6 Å². The number of ether oxygens (including phenoxy) is 3. The van der Waals surface area contributed by atoms with Gasteiger partial charge in [-0.25, -0.2) is 0 Å². The summed E-state index contributed by atoms with van der Waals surface area (Å²) < 4.78 is 16.4. The number of benzene rings is 2.